The predicted octanol–water partition coefficient (Wildman–Crippen LogP) is 10.4. The molecule has 4 aromatic rings. The molecule has 318 valence electrons. The molecule has 0 radical (unpaired) electrons. The molecular weight excluding hydrogens is 804 g/mol. The number of nitrogens with zero attached hydrogens (tertiary/aromatic N) is 7. The van der Waals surface area contributed by atoms with Crippen LogP contribution in [0.2, 0.25) is 10.0 Å². The fourth-order valence-corrected chi connectivity index (χ4v) is 10.3. The molecule has 6 heterocycles. The van der Waals surface area contributed by atoms with Crippen molar-refractivity contribution >= 4 is 57.0 Å². The highest BCUT2D eigenvalue weighted by Crippen LogP contribution is 2.55. The highest BCUT2D eigenvalue weighted by Gasteiger charge is 2.57. The fraction of sp³-hybridized carbons (Fsp3) is 0.543. The minimum atomic E-state index is -0.657. The third-order valence-corrected chi connectivity index (χ3v) is 13.4. The van der Waals surface area contributed by atoms with E-state index in [1.165, 1.54) is 0 Å². The van der Waals surface area contributed by atoms with Gasteiger partial charge < -0.3 is 23.8 Å². The number of fused-ring (bicyclic) bond motifs is 4. The number of hydrogen-bond donors (Lipinski definition) is 0. The standard InChI is InChI=1S/C43H49Cl2FN6O4.C3H5N/c1-23(31-14-9-17-49(31)6)55-41-29-21-33(32-15-10-18-50(32)24(2)53)52(39-26-20-34(39)51(22-26)42(54)56-43(3,4)5)40(29)28-19-25(11-8-16-47)35(37(46)38(28)48-41)27-12-7-13-30(44)36(27)45;1-2-3-4/h7,12-13,19,21,23,26,31-32,34,39H,8-11,14-15,17-18,20,22H2,1-6H3;2H2,1H3/t23?,26-,31+,32-,34-,39+;/m1./s1. The molecule has 1 aliphatic carbocycles. The number of halogens is 3. The SMILES string of the molecule is CC(=O)N1CCC[C@@H]1c1cc2c(OC(C)[C@@H]3CCCN3C)nc3c(F)c(-c4cccc(Cl)c4Cl)c(CCC#N)cc3c2n1[C@H]1[C@@H]2C[C@H]1N(C(=O)OC(C)(C)C)C2.CCC#N. The number of nitriles is 2. The van der Waals surface area contributed by atoms with E-state index in [1.54, 1.807) is 25.1 Å². The Morgan fingerprint density at radius 2 is 1.80 bits per heavy atom. The first-order valence-corrected chi connectivity index (χ1v) is 21.9. The van der Waals surface area contributed by atoms with Gasteiger partial charge in [-0.15, -0.1) is 0 Å². The Bertz CT molecular complexity index is 2400. The van der Waals surface area contributed by atoms with Gasteiger partial charge in [0.25, 0.3) is 0 Å². The third-order valence-electron chi connectivity index (χ3n) is 12.6. The van der Waals surface area contributed by atoms with E-state index in [4.69, 9.17) is 42.9 Å². The maximum absolute atomic E-state index is 17.7. The van der Waals surface area contributed by atoms with Crippen molar-refractivity contribution < 1.29 is 23.5 Å². The van der Waals surface area contributed by atoms with Crippen LogP contribution in [0.4, 0.5) is 9.18 Å². The maximum Gasteiger partial charge on any atom is 0.410 e. The maximum atomic E-state index is 17.7. The highest BCUT2D eigenvalue weighted by atomic mass is 35.5. The van der Waals surface area contributed by atoms with E-state index in [0.717, 1.165) is 55.2 Å². The number of likely N-dealkylation sites (N-methyl/N-ethyl adjacent to an activating group) is 1. The van der Waals surface area contributed by atoms with E-state index in [0.29, 0.717) is 41.9 Å². The summed E-state index contributed by atoms with van der Waals surface area (Å²) < 4.78 is 32.7. The lowest BCUT2D eigenvalue weighted by molar-refractivity contribution is -0.129. The van der Waals surface area contributed by atoms with Gasteiger partial charge in [-0.3, -0.25) is 9.69 Å². The van der Waals surface area contributed by atoms with Crippen molar-refractivity contribution in [3.05, 3.63) is 57.5 Å². The number of likely N-dealkylation sites (tertiary alicyclic amines) is 2. The minimum absolute atomic E-state index is 0.0125. The van der Waals surface area contributed by atoms with Crippen LogP contribution < -0.4 is 4.74 Å². The van der Waals surface area contributed by atoms with Crippen molar-refractivity contribution in [2.45, 2.75) is 129 Å². The molecule has 5 aliphatic rings. The van der Waals surface area contributed by atoms with Crippen LogP contribution in [-0.2, 0) is 16.0 Å². The summed E-state index contributed by atoms with van der Waals surface area (Å²) in [5.74, 6) is -0.165. The molecule has 1 unspecified atom stereocenters. The zero-order chi connectivity index (χ0) is 43.2. The van der Waals surface area contributed by atoms with Crippen LogP contribution in [0.25, 0.3) is 32.9 Å². The summed E-state index contributed by atoms with van der Waals surface area (Å²) in [5.41, 5.74) is 2.39. The minimum Gasteiger partial charge on any atom is -0.472 e. The van der Waals surface area contributed by atoms with Gasteiger partial charge in [-0.1, -0.05) is 42.3 Å². The number of amides is 2. The Hall–Kier alpha value is -4.62. The van der Waals surface area contributed by atoms with Crippen molar-refractivity contribution in [3.63, 3.8) is 0 Å². The molecule has 0 N–H and O–H groups in total. The van der Waals surface area contributed by atoms with Crippen LogP contribution in [-0.4, -0.2) is 86.7 Å². The number of ether oxygens (including phenoxy) is 2. The van der Waals surface area contributed by atoms with Gasteiger partial charge in [0.05, 0.1) is 51.2 Å². The molecule has 2 aromatic heterocycles. The van der Waals surface area contributed by atoms with Crippen LogP contribution in [0.15, 0.2) is 30.3 Å². The number of pyridine rings is 1. The number of rotatable bonds is 8. The molecule has 4 saturated heterocycles. The van der Waals surface area contributed by atoms with Crippen LogP contribution >= 0.6 is 23.2 Å². The van der Waals surface area contributed by atoms with Crippen molar-refractivity contribution in [1.82, 2.24) is 24.3 Å². The summed E-state index contributed by atoms with van der Waals surface area (Å²) in [6.07, 6.45) is 4.87. The zero-order valence-electron chi connectivity index (χ0n) is 35.5. The lowest BCUT2D eigenvalue weighted by Gasteiger charge is -2.40. The van der Waals surface area contributed by atoms with Gasteiger partial charge in [0.15, 0.2) is 5.82 Å². The lowest BCUT2D eigenvalue weighted by atomic mass is 9.79. The number of carbonyl (C=O) groups excluding carboxylic acids is 2. The molecule has 60 heavy (non-hydrogen) atoms. The first-order valence-electron chi connectivity index (χ1n) is 21.1. The highest BCUT2D eigenvalue weighted by molar-refractivity contribution is 6.43. The molecule has 14 heteroatoms. The summed E-state index contributed by atoms with van der Waals surface area (Å²) in [7, 11) is 2.10. The number of hydrogen-bond acceptors (Lipinski definition) is 8. The first kappa shape index (κ1) is 43.5. The molecule has 9 rings (SSSR count). The van der Waals surface area contributed by atoms with E-state index < -0.39 is 11.4 Å². The van der Waals surface area contributed by atoms with E-state index >= 15 is 4.39 Å². The largest absolute Gasteiger partial charge is 0.472 e. The Balaban J connectivity index is 0.00000130. The van der Waals surface area contributed by atoms with E-state index in [9.17, 15) is 14.9 Å². The van der Waals surface area contributed by atoms with Crippen molar-refractivity contribution in [1.29, 1.82) is 10.5 Å². The van der Waals surface area contributed by atoms with Gasteiger partial charge in [-0.25, -0.2) is 14.2 Å². The van der Waals surface area contributed by atoms with Crippen LogP contribution in [0, 0.1) is 34.4 Å². The Kier molecular flexibility index (Phi) is 12.6. The molecular formula is C46H54Cl2FN7O4. The van der Waals surface area contributed by atoms with E-state index in [-0.39, 0.29) is 82.2 Å². The second-order valence-corrected chi connectivity index (χ2v) is 18.4. The molecule has 2 amide bonds. The van der Waals surface area contributed by atoms with Gasteiger partial charge in [0.1, 0.15) is 17.2 Å². The topological polar surface area (TPSA) is 128 Å². The van der Waals surface area contributed by atoms with Crippen LogP contribution in [0.1, 0.15) is 110 Å². The molecule has 2 aromatic carbocycles. The second-order valence-electron chi connectivity index (χ2n) is 17.6. The molecule has 11 nitrogen and oxygen atoms in total. The fourth-order valence-electron chi connectivity index (χ4n) is 9.91. The zero-order valence-corrected chi connectivity index (χ0v) is 37.0. The van der Waals surface area contributed by atoms with Gasteiger partial charge in [-0.05, 0) is 104 Å². The van der Waals surface area contributed by atoms with Crippen molar-refractivity contribution in [3.8, 4) is 29.1 Å². The molecule has 2 bridgehead atoms. The monoisotopic (exact) mass is 857 g/mol. The van der Waals surface area contributed by atoms with Gasteiger partial charge >= 0.3 is 6.09 Å². The third kappa shape index (κ3) is 7.99. The predicted molar refractivity (Wildman–Crippen MR) is 231 cm³/mol. The summed E-state index contributed by atoms with van der Waals surface area (Å²) >= 11 is 13.3. The number of aromatic nitrogens is 2. The summed E-state index contributed by atoms with van der Waals surface area (Å²) in [6.45, 7) is 13.2. The number of carbonyl (C=O) groups is 2. The van der Waals surface area contributed by atoms with Gasteiger partial charge in [0.2, 0.25) is 11.8 Å². The molecule has 4 aliphatic heterocycles. The van der Waals surface area contributed by atoms with Crippen molar-refractivity contribution in [2.75, 3.05) is 26.7 Å². The second kappa shape index (κ2) is 17.4. The summed E-state index contributed by atoms with van der Waals surface area (Å²) in [5, 5.41) is 19.1. The molecule has 1 saturated carbocycles. The average molecular weight is 859 g/mol. The van der Waals surface area contributed by atoms with Gasteiger partial charge in [0, 0.05) is 67.0 Å². The molecule has 5 fully saturated rings. The van der Waals surface area contributed by atoms with Crippen molar-refractivity contribution in [2.24, 2.45) is 5.92 Å². The van der Waals surface area contributed by atoms with Gasteiger partial charge in [-0.2, -0.15) is 10.5 Å². The number of aryl methyl sites for hydroxylation is 1. The summed E-state index contributed by atoms with van der Waals surface area (Å²) in [6, 6.07) is 12.9. The molecule has 6 atom stereocenters. The van der Waals surface area contributed by atoms with E-state index in [2.05, 4.69) is 28.7 Å². The first-order chi connectivity index (χ1) is 28.6. The lowest BCUT2D eigenvalue weighted by Crippen LogP contribution is -2.45. The van der Waals surface area contributed by atoms with Crippen LogP contribution in [0.5, 0.6) is 5.88 Å². The Labute approximate surface area is 361 Å². The Morgan fingerprint density at radius 3 is 2.45 bits per heavy atom. The quantitative estimate of drug-likeness (QED) is 0.171. The smallest absolute Gasteiger partial charge is 0.410 e. The normalized spacial score (nSPS) is 22.9. The summed E-state index contributed by atoms with van der Waals surface area (Å²) in [4.78, 5) is 37.9. The average Bonchev–Trinajstić information content (AvgIpc) is 4.04. The Morgan fingerprint density at radius 1 is 1.07 bits per heavy atom. The molecule has 0 spiro atoms. The van der Waals surface area contributed by atoms with Crippen LogP contribution in [0.3, 0.4) is 0 Å². The number of benzene rings is 2. The van der Waals surface area contributed by atoms with E-state index in [1.807, 2.05) is 56.6 Å².